The number of benzene rings is 11. The summed E-state index contributed by atoms with van der Waals surface area (Å²) in [5, 5.41) is 4.65. The average Bonchev–Trinajstić information content (AvgIpc) is 2.10. The van der Waals surface area contributed by atoms with E-state index in [2.05, 4.69) is 307 Å². The summed E-state index contributed by atoms with van der Waals surface area (Å²) in [7, 11) is 0. The molecule has 0 amide bonds. The van der Waals surface area contributed by atoms with Crippen LogP contribution in [-0.2, 0) is 26.5 Å². The second-order valence-electron chi connectivity index (χ2n) is 22.4. The molecule has 2 aliphatic heterocycles. The molecular weight excluding hydrogens is 1190 g/mol. The Hall–Kier alpha value is -9.74. The van der Waals surface area contributed by atoms with E-state index in [1.54, 1.807) is 0 Å². The van der Waals surface area contributed by atoms with Crippen molar-refractivity contribution in [2.45, 2.75) is 26.2 Å². The van der Waals surface area contributed by atoms with E-state index in [4.69, 9.17) is 9.72 Å². The number of rotatable bonds is 8. The van der Waals surface area contributed by atoms with Gasteiger partial charge >= 0.3 is 0 Å². The van der Waals surface area contributed by atoms with Crippen molar-refractivity contribution in [1.29, 1.82) is 0 Å². The summed E-state index contributed by atoms with van der Waals surface area (Å²) in [6.45, 7) is 8.97. The third-order valence-corrected chi connectivity index (χ3v) is 16.6. The third-order valence-electron chi connectivity index (χ3n) is 16.6. The van der Waals surface area contributed by atoms with E-state index < -0.39 is 0 Å². The Morgan fingerprint density at radius 3 is 1.78 bits per heavy atom. The SMILES string of the molecule is CC(C)(C)c1ccnc(-n2c3[c-]c(Oc4[c-]c(N5[CH-]N(c6c(-c7ccccc7)cccc6-c6ccccc6)c6ccccc65)cc(-c5ccccc5)c4)ccc3c3c4c(ccc32)-n2c3ccccc3c3cccc(c32)-c2ccccc2-4)c1.[Pt]. The standard InChI is InChI=1S/C76H52N5O.Pt/c1-76(2,3)53-41-42-77-71(45-53)80-68-39-40-69-72(61-29-14-13-27-59(61)62-32-20-33-63-60-28-15-16-34-65(60)81(69)75(62)63)73(68)64-38-37-55(47-70(64)80)82-56-44-52(49-21-7-4-8-22-49)43-54(46-56)78-48-79(67-36-18-17-35-66(67)78)74-57(50-23-9-5-10-24-50)30-19-31-58(74)51-25-11-6-12-26-51;/h4-45,48H,1-3H3;/q-3;. The predicted molar refractivity (Wildman–Crippen MR) is 338 cm³/mol. The van der Waals surface area contributed by atoms with E-state index in [0.717, 1.165) is 95.0 Å². The van der Waals surface area contributed by atoms with Gasteiger partial charge in [0, 0.05) is 94.4 Å². The van der Waals surface area contributed by atoms with Crippen molar-refractivity contribution in [1.82, 2.24) is 14.1 Å². The fourth-order valence-corrected chi connectivity index (χ4v) is 12.8. The van der Waals surface area contributed by atoms with Crippen LogP contribution in [0.2, 0.25) is 0 Å². The first-order chi connectivity index (χ1) is 40.3. The minimum absolute atomic E-state index is 0. The number of anilines is 4. The number of hydrogen-bond acceptors (Lipinski definition) is 4. The van der Waals surface area contributed by atoms with Gasteiger partial charge < -0.3 is 23.7 Å². The molecule has 11 aromatic carbocycles. The Kier molecular flexibility index (Phi) is 12.0. The molecule has 0 N–H and O–H groups in total. The van der Waals surface area contributed by atoms with Gasteiger partial charge in [0.1, 0.15) is 5.82 Å². The van der Waals surface area contributed by atoms with Crippen LogP contribution < -0.4 is 14.5 Å². The maximum absolute atomic E-state index is 7.17. The predicted octanol–water partition coefficient (Wildman–Crippen LogP) is 20.0. The first-order valence-electron chi connectivity index (χ1n) is 28.0. The van der Waals surface area contributed by atoms with Gasteiger partial charge in [0.25, 0.3) is 0 Å². The van der Waals surface area contributed by atoms with Crippen LogP contribution in [0.4, 0.5) is 22.7 Å². The van der Waals surface area contributed by atoms with Gasteiger partial charge in [0.05, 0.1) is 16.7 Å². The number of nitrogens with zero attached hydrogens (tertiary/aromatic N) is 5. The fourth-order valence-electron chi connectivity index (χ4n) is 12.8. The molecule has 0 radical (unpaired) electrons. The molecule has 0 fully saturated rings. The first-order valence-corrected chi connectivity index (χ1v) is 28.0. The van der Waals surface area contributed by atoms with Crippen LogP contribution in [0.3, 0.4) is 0 Å². The van der Waals surface area contributed by atoms with Crippen molar-refractivity contribution in [2.75, 3.05) is 9.80 Å². The molecule has 83 heavy (non-hydrogen) atoms. The van der Waals surface area contributed by atoms with Crippen molar-refractivity contribution in [2.24, 2.45) is 0 Å². The van der Waals surface area contributed by atoms with Crippen LogP contribution in [0.25, 0.3) is 111 Å². The molecule has 7 heteroatoms. The Labute approximate surface area is 497 Å². The number of para-hydroxylation sites is 5. The van der Waals surface area contributed by atoms with Crippen LogP contribution in [0.15, 0.2) is 255 Å². The largest absolute Gasteiger partial charge is 0.509 e. The number of pyridine rings is 1. The Bertz CT molecular complexity index is 4810. The Morgan fingerprint density at radius 1 is 0.434 bits per heavy atom. The maximum Gasteiger partial charge on any atom is 0.135 e. The molecule has 400 valence electrons. The molecular formula is C76H52N5OPt-3. The first kappa shape index (κ1) is 50.2. The molecule has 16 rings (SSSR count). The second-order valence-corrected chi connectivity index (χ2v) is 22.4. The molecule has 3 aromatic heterocycles. The van der Waals surface area contributed by atoms with Crippen molar-refractivity contribution in [3.05, 3.63) is 279 Å². The van der Waals surface area contributed by atoms with Crippen molar-refractivity contribution in [3.63, 3.8) is 0 Å². The zero-order chi connectivity index (χ0) is 54.6. The van der Waals surface area contributed by atoms with Gasteiger partial charge in [0.2, 0.25) is 0 Å². The van der Waals surface area contributed by atoms with Gasteiger partial charge in [0.15, 0.2) is 0 Å². The van der Waals surface area contributed by atoms with E-state index in [0.29, 0.717) is 11.5 Å². The summed E-state index contributed by atoms with van der Waals surface area (Å²) in [4.78, 5) is 9.73. The van der Waals surface area contributed by atoms with Gasteiger partial charge in [-0.1, -0.05) is 208 Å². The minimum atomic E-state index is -0.117. The molecule has 5 heterocycles. The summed E-state index contributed by atoms with van der Waals surface area (Å²) < 4.78 is 11.9. The van der Waals surface area contributed by atoms with Crippen molar-refractivity contribution in [3.8, 4) is 78.6 Å². The van der Waals surface area contributed by atoms with E-state index in [9.17, 15) is 0 Å². The van der Waals surface area contributed by atoms with Crippen LogP contribution in [0.5, 0.6) is 11.5 Å². The summed E-state index contributed by atoms with van der Waals surface area (Å²) in [5.74, 6) is 1.94. The maximum atomic E-state index is 7.17. The average molecular weight is 1250 g/mol. The van der Waals surface area contributed by atoms with E-state index in [1.165, 1.54) is 44.1 Å². The minimum Gasteiger partial charge on any atom is -0.509 e. The van der Waals surface area contributed by atoms with Gasteiger partial charge in [-0.2, -0.15) is 6.07 Å². The van der Waals surface area contributed by atoms with Gasteiger partial charge in [-0.15, -0.1) is 53.6 Å². The Morgan fingerprint density at radius 2 is 1.05 bits per heavy atom. The second kappa shape index (κ2) is 19.8. The molecule has 0 unspecified atom stereocenters. The number of ether oxygens (including phenoxy) is 1. The summed E-state index contributed by atoms with van der Waals surface area (Å²) >= 11 is 0. The topological polar surface area (TPSA) is 38.5 Å². The zero-order valence-electron chi connectivity index (χ0n) is 45.8. The molecule has 6 nitrogen and oxygen atoms in total. The molecule has 0 spiro atoms. The monoisotopic (exact) mass is 1250 g/mol. The summed E-state index contributed by atoms with van der Waals surface area (Å²) in [5.41, 5.74) is 21.8. The van der Waals surface area contributed by atoms with Crippen LogP contribution in [0, 0.1) is 18.8 Å². The van der Waals surface area contributed by atoms with Gasteiger partial charge in [-0.25, -0.2) is 4.98 Å². The van der Waals surface area contributed by atoms with Crippen LogP contribution >= 0.6 is 0 Å². The van der Waals surface area contributed by atoms with Crippen molar-refractivity contribution >= 4 is 66.4 Å². The quantitative estimate of drug-likeness (QED) is 0.142. The van der Waals surface area contributed by atoms with Crippen LogP contribution in [0.1, 0.15) is 26.3 Å². The van der Waals surface area contributed by atoms with E-state index in [-0.39, 0.29) is 26.5 Å². The molecule has 0 saturated heterocycles. The van der Waals surface area contributed by atoms with E-state index in [1.807, 2.05) is 6.20 Å². The molecule has 2 aliphatic rings. The van der Waals surface area contributed by atoms with Gasteiger partial charge in [-0.3, -0.25) is 0 Å². The van der Waals surface area contributed by atoms with Gasteiger partial charge in [-0.05, 0) is 86.6 Å². The molecule has 0 saturated carbocycles. The van der Waals surface area contributed by atoms with Crippen LogP contribution in [-0.4, -0.2) is 14.1 Å². The van der Waals surface area contributed by atoms with E-state index >= 15 is 0 Å². The fraction of sp³-hybridized carbons (Fsp3) is 0.0526. The number of aromatic nitrogens is 3. The summed E-state index contributed by atoms with van der Waals surface area (Å²) in [6.07, 6.45) is 1.94. The number of hydrogen-bond donors (Lipinski definition) is 0. The normalized spacial score (nSPS) is 12.6. The Balaban J connectivity index is 0.00000588. The molecule has 0 atom stereocenters. The third kappa shape index (κ3) is 8.15. The zero-order valence-corrected chi connectivity index (χ0v) is 48.1. The van der Waals surface area contributed by atoms with Crippen molar-refractivity contribution < 1.29 is 25.8 Å². The molecule has 0 aliphatic carbocycles. The molecule has 0 bridgehead atoms. The summed E-state index contributed by atoms with van der Waals surface area (Å²) in [6, 6.07) is 96.7. The molecule has 14 aromatic rings. The number of fused-ring (bicyclic) bond motifs is 13. The smallest absolute Gasteiger partial charge is 0.135 e.